The Morgan fingerprint density at radius 2 is 2.25 bits per heavy atom. The molecule has 0 aliphatic heterocycles. The zero-order valence-electron chi connectivity index (χ0n) is 11.3. The van der Waals surface area contributed by atoms with Crippen molar-refractivity contribution in [3.05, 3.63) is 42.0 Å². The molecule has 2 N–H and O–H groups in total. The molecule has 0 saturated heterocycles. The molecule has 2 aromatic heterocycles. The van der Waals surface area contributed by atoms with E-state index in [1.165, 1.54) is 0 Å². The molecule has 0 radical (unpaired) electrons. The van der Waals surface area contributed by atoms with E-state index < -0.39 is 0 Å². The quantitative estimate of drug-likeness (QED) is 0.887. The Labute approximate surface area is 117 Å². The topological polar surface area (TPSA) is 91.7 Å². The van der Waals surface area contributed by atoms with Crippen LogP contribution in [0.25, 0.3) is 0 Å². The minimum absolute atomic E-state index is 0.420. The molecule has 0 amide bonds. The van der Waals surface area contributed by atoms with Crippen molar-refractivity contribution < 1.29 is 0 Å². The number of anilines is 2. The van der Waals surface area contributed by atoms with Crippen molar-refractivity contribution in [2.45, 2.75) is 19.9 Å². The Morgan fingerprint density at radius 3 is 2.90 bits per heavy atom. The van der Waals surface area contributed by atoms with Crippen molar-refractivity contribution in [1.82, 2.24) is 15.0 Å². The minimum atomic E-state index is 0.420. The molecule has 0 spiro atoms. The van der Waals surface area contributed by atoms with Crippen LogP contribution in [0.15, 0.2) is 30.6 Å². The third kappa shape index (κ3) is 3.65. The predicted octanol–water partition coefficient (Wildman–Crippen LogP) is 1.68. The maximum atomic E-state index is 8.79. The van der Waals surface area contributed by atoms with Crippen LogP contribution in [0.5, 0.6) is 0 Å². The van der Waals surface area contributed by atoms with E-state index in [0.717, 1.165) is 11.4 Å². The second-order valence-corrected chi connectivity index (χ2v) is 4.39. The Bertz CT molecular complexity index is 585. The molecule has 20 heavy (non-hydrogen) atoms. The van der Waals surface area contributed by atoms with Crippen LogP contribution in [0.1, 0.15) is 17.8 Å². The standard InChI is InChI=1S/C14H16N6/c1-11-18-13(16)8-14(19-11)20(7-3-5-15)10-12-4-2-6-17-9-12/h2,4,6,8-9H,3,7,10H2,1H3,(H2,16,18,19). The third-order valence-electron chi connectivity index (χ3n) is 2.76. The van der Waals surface area contributed by atoms with Gasteiger partial charge in [-0.2, -0.15) is 5.26 Å². The van der Waals surface area contributed by atoms with Gasteiger partial charge in [-0.15, -0.1) is 0 Å². The van der Waals surface area contributed by atoms with Crippen molar-refractivity contribution in [3.63, 3.8) is 0 Å². The summed E-state index contributed by atoms with van der Waals surface area (Å²) in [6.45, 7) is 3.01. The number of aromatic nitrogens is 3. The molecule has 2 aromatic rings. The van der Waals surface area contributed by atoms with Crippen LogP contribution in [0.3, 0.4) is 0 Å². The van der Waals surface area contributed by atoms with Gasteiger partial charge in [0.05, 0.1) is 12.5 Å². The van der Waals surface area contributed by atoms with Crippen molar-refractivity contribution >= 4 is 11.6 Å². The highest BCUT2D eigenvalue weighted by Crippen LogP contribution is 2.17. The Kier molecular flexibility index (Phi) is 4.45. The van der Waals surface area contributed by atoms with E-state index in [1.807, 2.05) is 17.0 Å². The van der Waals surface area contributed by atoms with Gasteiger partial charge in [0.1, 0.15) is 17.5 Å². The molecule has 0 atom stereocenters. The smallest absolute Gasteiger partial charge is 0.134 e. The van der Waals surface area contributed by atoms with Gasteiger partial charge in [0.15, 0.2) is 0 Å². The summed E-state index contributed by atoms with van der Waals surface area (Å²) in [5, 5.41) is 8.79. The van der Waals surface area contributed by atoms with Gasteiger partial charge >= 0.3 is 0 Å². The second kappa shape index (κ2) is 6.48. The highest BCUT2D eigenvalue weighted by molar-refractivity contribution is 5.47. The van der Waals surface area contributed by atoms with E-state index in [2.05, 4.69) is 21.0 Å². The summed E-state index contributed by atoms with van der Waals surface area (Å²) in [5.74, 6) is 1.78. The van der Waals surface area contributed by atoms with Crippen molar-refractivity contribution in [2.75, 3.05) is 17.2 Å². The normalized spacial score (nSPS) is 10.0. The minimum Gasteiger partial charge on any atom is -0.384 e. The first-order chi connectivity index (χ1) is 9.69. The highest BCUT2D eigenvalue weighted by Gasteiger charge is 2.10. The van der Waals surface area contributed by atoms with Gasteiger partial charge in [-0.3, -0.25) is 4.98 Å². The van der Waals surface area contributed by atoms with Crippen LogP contribution in [-0.4, -0.2) is 21.5 Å². The molecule has 2 heterocycles. The van der Waals surface area contributed by atoms with E-state index in [-0.39, 0.29) is 0 Å². The van der Waals surface area contributed by atoms with Crippen molar-refractivity contribution in [2.24, 2.45) is 0 Å². The molecule has 0 bridgehead atoms. The summed E-state index contributed by atoms with van der Waals surface area (Å²) in [6, 6.07) is 7.75. The number of hydrogen-bond acceptors (Lipinski definition) is 6. The van der Waals surface area contributed by atoms with Gasteiger partial charge in [0.2, 0.25) is 0 Å². The fourth-order valence-corrected chi connectivity index (χ4v) is 1.91. The summed E-state index contributed by atoms with van der Waals surface area (Å²) >= 11 is 0. The van der Waals surface area contributed by atoms with Crippen LogP contribution >= 0.6 is 0 Å². The summed E-state index contributed by atoms with van der Waals surface area (Å²) in [7, 11) is 0. The van der Waals surface area contributed by atoms with Gasteiger partial charge in [-0.25, -0.2) is 9.97 Å². The van der Waals surface area contributed by atoms with Crippen molar-refractivity contribution in [1.29, 1.82) is 5.26 Å². The van der Waals surface area contributed by atoms with E-state index >= 15 is 0 Å². The fraction of sp³-hybridized carbons (Fsp3) is 0.286. The fourth-order valence-electron chi connectivity index (χ4n) is 1.91. The number of rotatable bonds is 5. The Balaban J connectivity index is 2.25. The van der Waals surface area contributed by atoms with Gasteiger partial charge in [-0.1, -0.05) is 6.07 Å². The lowest BCUT2D eigenvalue weighted by Crippen LogP contribution is -2.25. The average molecular weight is 268 g/mol. The molecule has 2 rings (SSSR count). The zero-order chi connectivity index (χ0) is 14.4. The lowest BCUT2D eigenvalue weighted by atomic mass is 10.2. The van der Waals surface area contributed by atoms with Gasteiger partial charge in [0.25, 0.3) is 0 Å². The Hall–Kier alpha value is -2.68. The molecule has 0 aromatic carbocycles. The lowest BCUT2D eigenvalue weighted by molar-refractivity contribution is 0.774. The SMILES string of the molecule is Cc1nc(N)cc(N(CCC#N)Cc2cccnc2)n1. The number of aryl methyl sites for hydroxylation is 1. The van der Waals surface area contributed by atoms with Crippen LogP contribution in [-0.2, 0) is 6.54 Å². The summed E-state index contributed by atoms with van der Waals surface area (Å²) in [4.78, 5) is 14.6. The van der Waals surface area contributed by atoms with Gasteiger partial charge < -0.3 is 10.6 Å². The number of pyridine rings is 1. The van der Waals surface area contributed by atoms with Gasteiger partial charge in [-0.05, 0) is 18.6 Å². The van der Waals surface area contributed by atoms with Gasteiger partial charge in [0, 0.05) is 31.5 Å². The summed E-state index contributed by atoms with van der Waals surface area (Å²) < 4.78 is 0. The number of nitriles is 1. The molecule has 0 saturated carbocycles. The number of nitrogens with zero attached hydrogens (tertiary/aromatic N) is 5. The first-order valence-corrected chi connectivity index (χ1v) is 6.31. The number of hydrogen-bond donors (Lipinski definition) is 1. The maximum absolute atomic E-state index is 8.79. The summed E-state index contributed by atoms with van der Waals surface area (Å²) in [6.07, 6.45) is 3.95. The molecule has 0 aliphatic rings. The van der Waals surface area contributed by atoms with Crippen LogP contribution < -0.4 is 10.6 Å². The second-order valence-electron chi connectivity index (χ2n) is 4.39. The number of nitrogens with two attached hydrogens (primary N) is 1. The first-order valence-electron chi connectivity index (χ1n) is 6.31. The molecule has 6 nitrogen and oxygen atoms in total. The van der Waals surface area contributed by atoms with E-state index in [1.54, 1.807) is 25.4 Å². The predicted molar refractivity (Wildman–Crippen MR) is 76.7 cm³/mol. The largest absolute Gasteiger partial charge is 0.384 e. The zero-order valence-corrected chi connectivity index (χ0v) is 11.3. The van der Waals surface area contributed by atoms with E-state index in [0.29, 0.717) is 31.2 Å². The van der Waals surface area contributed by atoms with Crippen LogP contribution in [0.4, 0.5) is 11.6 Å². The first kappa shape index (κ1) is 13.7. The molecule has 0 aliphatic carbocycles. The lowest BCUT2D eigenvalue weighted by Gasteiger charge is -2.23. The van der Waals surface area contributed by atoms with E-state index in [4.69, 9.17) is 11.0 Å². The molecular weight excluding hydrogens is 252 g/mol. The molecule has 0 fully saturated rings. The average Bonchev–Trinajstić information content (AvgIpc) is 2.43. The van der Waals surface area contributed by atoms with Crippen molar-refractivity contribution in [3.8, 4) is 6.07 Å². The Morgan fingerprint density at radius 1 is 1.40 bits per heavy atom. The molecular formula is C14H16N6. The maximum Gasteiger partial charge on any atom is 0.134 e. The molecule has 0 unspecified atom stereocenters. The van der Waals surface area contributed by atoms with Crippen LogP contribution in [0, 0.1) is 18.3 Å². The molecule has 6 heteroatoms. The highest BCUT2D eigenvalue weighted by atomic mass is 15.2. The number of nitrogen functional groups attached to an aromatic ring is 1. The van der Waals surface area contributed by atoms with Crippen LogP contribution in [0.2, 0.25) is 0 Å². The third-order valence-corrected chi connectivity index (χ3v) is 2.76. The summed E-state index contributed by atoms with van der Waals surface area (Å²) in [5.41, 5.74) is 6.82. The molecule has 102 valence electrons. The van der Waals surface area contributed by atoms with E-state index in [9.17, 15) is 0 Å². The monoisotopic (exact) mass is 268 g/mol.